The summed E-state index contributed by atoms with van der Waals surface area (Å²) in [5.74, 6) is 3.20. The number of hydrogen-bond donors (Lipinski definition) is 1. The lowest BCUT2D eigenvalue weighted by molar-refractivity contribution is 0.414. The second kappa shape index (κ2) is 18.6. The number of amidine groups is 1. The van der Waals surface area contributed by atoms with Crippen molar-refractivity contribution in [3.05, 3.63) is 24.3 Å². The highest BCUT2D eigenvalue weighted by Gasteiger charge is 2.27. The number of nitrogens with zero attached hydrogens (tertiary/aromatic N) is 7. The van der Waals surface area contributed by atoms with Gasteiger partial charge in [-0.05, 0) is 59.1 Å². The third-order valence-corrected chi connectivity index (χ3v) is 11.2. The van der Waals surface area contributed by atoms with Crippen LogP contribution in [0, 0.1) is 5.92 Å². The van der Waals surface area contributed by atoms with Crippen molar-refractivity contribution >= 4 is 62.7 Å². The number of rotatable bonds is 14. The monoisotopic (exact) mass is 706 g/mol. The van der Waals surface area contributed by atoms with Gasteiger partial charge in [-0.3, -0.25) is 0 Å². The van der Waals surface area contributed by atoms with Crippen LogP contribution in [0.5, 0.6) is 11.5 Å². The van der Waals surface area contributed by atoms with E-state index < -0.39 is 0 Å². The Bertz CT molecular complexity index is 1510. The van der Waals surface area contributed by atoms with E-state index >= 15 is 0 Å². The highest BCUT2D eigenvalue weighted by atomic mass is 32.2. The number of aliphatic imine (C=N–C) groups is 3. The van der Waals surface area contributed by atoms with Crippen molar-refractivity contribution in [1.29, 1.82) is 0 Å². The molecule has 11 heteroatoms. The molecule has 1 aliphatic heterocycles. The summed E-state index contributed by atoms with van der Waals surface area (Å²) in [4.78, 5) is 24.7. The molecule has 1 heterocycles. The van der Waals surface area contributed by atoms with E-state index in [0.717, 1.165) is 95.5 Å². The van der Waals surface area contributed by atoms with Crippen LogP contribution in [0.1, 0.15) is 79.6 Å². The summed E-state index contributed by atoms with van der Waals surface area (Å²) in [7, 11) is 11.7. The molecular weight excluding hydrogens is 645 g/mol. The minimum Gasteiger partial charge on any atom is -0.495 e. The Balaban J connectivity index is 1.91. The van der Waals surface area contributed by atoms with E-state index in [9.17, 15) is 0 Å². The van der Waals surface area contributed by atoms with E-state index in [1.165, 1.54) is 32.1 Å². The minimum atomic E-state index is 0.155. The van der Waals surface area contributed by atoms with Gasteiger partial charge in [0.2, 0.25) is 0 Å². The molecule has 2 aromatic carbocycles. The molecule has 50 heavy (non-hydrogen) atoms. The zero-order valence-electron chi connectivity index (χ0n) is 32.6. The molecule has 276 valence electrons. The molecule has 1 unspecified atom stereocenters. The maximum atomic E-state index is 5.90. The average molecular weight is 707 g/mol. The smallest absolute Gasteiger partial charge is 0.252 e. The summed E-state index contributed by atoms with van der Waals surface area (Å²) in [6.07, 6.45) is 8.14. The SMILES string of the molecule is CCC1CC(SC2CCCCC2)=NC(=Nc2cc(N(CC)CC)c(OC)cc2N(C)C)N=C1Nc1cc(N(CC)CC)c(OC)cc1N(C)C. The minimum absolute atomic E-state index is 0.155. The number of thioether (sulfide) groups is 1. The van der Waals surface area contributed by atoms with Gasteiger partial charge in [0.05, 0.1) is 53.4 Å². The molecule has 1 N–H and O–H groups in total. The van der Waals surface area contributed by atoms with Crippen molar-refractivity contribution < 1.29 is 9.47 Å². The molecule has 0 radical (unpaired) electrons. The molecule has 1 aliphatic carbocycles. The Kier molecular flexibility index (Phi) is 14.6. The molecule has 1 atom stereocenters. The van der Waals surface area contributed by atoms with Gasteiger partial charge in [0.15, 0.2) is 0 Å². The number of anilines is 5. The number of methoxy groups -OCH3 is 2. The standard InChI is InChI=1S/C39H62N8O2S/c1-12-27-22-37(50-28-20-18-17-19-21-28)42-39(41-30-24-34(47(15-4)16-5)36(49-11)26-32(30)45(8)9)43-38(27)40-29-23-33(46(13-2)14-3)35(48-10)25-31(29)44(6)7/h23-28H,12-22H2,1-11H3,(H,40,41,43). The molecule has 2 aromatic rings. The topological polar surface area (TPSA) is 80.5 Å². The summed E-state index contributed by atoms with van der Waals surface area (Å²) in [5.41, 5.74) is 5.87. The number of ether oxygens (including phenoxy) is 2. The fourth-order valence-electron chi connectivity index (χ4n) is 6.87. The molecule has 1 fully saturated rings. The first kappa shape index (κ1) is 39.2. The van der Waals surface area contributed by atoms with Crippen molar-refractivity contribution in [2.45, 2.75) is 84.8 Å². The van der Waals surface area contributed by atoms with Crippen molar-refractivity contribution in [2.75, 3.05) is 93.5 Å². The molecule has 4 rings (SSSR count). The van der Waals surface area contributed by atoms with E-state index in [0.29, 0.717) is 11.2 Å². The largest absolute Gasteiger partial charge is 0.495 e. The van der Waals surface area contributed by atoms with Crippen molar-refractivity contribution in [3.8, 4) is 11.5 Å². The first-order valence-corrected chi connectivity index (χ1v) is 19.5. The van der Waals surface area contributed by atoms with Gasteiger partial charge in [0.1, 0.15) is 17.3 Å². The lowest BCUT2D eigenvalue weighted by Gasteiger charge is -2.28. The van der Waals surface area contributed by atoms with Gasteiger partial charge < -0.3 is 34.4 Å². The fourth-order valence-corrected chi connectivity index (χ4v) is 8.26. The molecule has 0 amide bonds. The zero-order valence-corrected chi connectivity index (χ0v) is 33.4. The molecule has 10 nitrogen and oxygen atoms in total. The van der Waals surface area contributed by atoms with Gasteiger partial charge in [-0.2, -0.15) is 4.99 Å². The number of guanidine groups is 1. The summed E-state index contributed by atoms with van der Waals surface area (Å²) in [6, 6.07) is 8.55. The van der Waals surface area contributed by atoms with Crippen LogP contribution in [0.3, 0.4) is 0 Å². The third-order valence-electron chi connectivity index (χ3n) is 9.83. The second-order valence-electron chi connectivity index (χ2n) is 13.4. The quantitative estimate of drug-likeness (QED) is 0.209. The van der Waals surface area contributed by atoms with E-state index in [-0.39, 0.29) is 5.92 Å². The second-order valence-corrected chi connectivity index (χ2v) is 14.8. The van der Waals surface area contributed by atoms with Gasteiger partial charge in [0.25, 0.3) is 5.96 Å². The molecule has 0 saturated heterocycles. The van der Waals surface area contributed by atoms with Crippen LogP contribution >= 0.6 is 11.8 Å². The summed E-state index contributed by atoms with van der Waals surface area (Å²) in [5, 5.41) is 5.54. The van der Waals surface area contributed by atoms with Gasteiger partial charge in [0, 0.05) is 84.1 Å². The lowest BCUT2D eigenvalue weighted by Crippen LogP contribution is -2.27. The van der Waals surface area contributed by atoms with Crippen LogP contribution in [0.25, 0.3) is 0 Å². The van der Waals surface area contributed by atoms with Gasteiger partial charge in [-0.15, -0.1) is 11.8 Å². The first-order valence-electron chi connectivity index (χ1n) is 18.6. The van der Waals surface area contributed by atoms with E-state index in [1.54, 1.807) is 14.2 Å². The van der Waals surface area contributed by atoms with E-state index in [1.807, 2.05) is 25.9 Å². The van der Waals surface area contributed by atoms with Crippen LogP contribution < -0.4 is 34.4 Å². The normalized spacial score (nSPS) is 17.5. The third kappa shape index (κ3) is 9.38. The number of nitrogens with one attached hydrogen (secondary N) is 1. The Morgan fingerprint density at radius 1 is 0.740 bits per heavy atom. The van der Waals surface area contributed by atoms with Gasteiger partial charge in [-0.25, -0.2) is 9.98 Å². The van der Waals surface area contributed by atoms with Crippen LogP contribution in [0.4, 0.5) is 34.1 Å². The summed E-state index contributed by atoms with van der Waals surface area (Å²) >= 11 is 1.95. The van der Waals surface area contributed by atoms with E-state index in [2.05, 4.69) is 97.9 Å². The van der Waals surface area contributed by atoms with Crippen LogP contribution in [0.15, 0.2) is 39.2 Å². The van der Waals surface area contributed by atoms with Crippen molar-refractivity contribution in [3.63, 3.8) is 0 Å². The molecule has 0 aromatic heterocycles. The van der Waals surface area contributed by atoms with Crippen molar-refractivity contribution in [2.24, 2.45) is 20.9 Å². The van der Waals surface area contributed by atoms with Crippen LogP contribution in [0.2, 0.25) is 0 Å². The first-order chi connectivity index (χ1) is 24.1. The number of hydrogen-bond acceptors (Lipinski definition) is 9. The molecular formula is C39H62N8O2S. The molecule has 0 bridgehead atoms. The Hall–Kier alpha value is -3.60. The maximum absolute atomic E-state index is 5.90. The van der Waals surface area contributed by atoms with Gasteiger partial charge >= 0.3 is 0 Å². The molecule has 0 spiro atoms. The van der Waals surface area contributed by atoms with Crippen LogP contribution in [-0.2, 0) is 0 Å². The van der Waals surface area contributed by atoms with Crippen molar-refractivity contribution in [1.82, 2.24) is 0 Å². The fraction of sp³-hybridized carbons (Fsp3) is 0.615. The maximum Gasteiger partial charge on any atom is 0.252 e. The summed E-state index contributed by atoms with van der Waals surface area (Å²) < 4.78 is 11.8. The Morgan fingerprint density at radius 3 is 1.82 bits per heavy atom. The van der Waals surface area contributed by atoms with E-state index in [4.69, 9.17) is 24.5 Å². The van der Waals surface area contributed by atoms with Gasteiger partial charge in [-0.1, -0.05) is 26.2 Å². The average Bonchev–Trinajstić information content (AvgIpc) is 3.27. The Morgan fingerprint density at radius 2 is 1.30 bits per heavy atom. The predicted molar refractivity (Wildman–Crippen MR) is 220 cm³/mol. The highest BCUT2D eigenvalue weighted by molar-refractivity contribution is 8.14. The van der Waals surface area contributed by atoms with Crippen LogP contribution in [-0.4, -0.2) is 90.7 Å². The zero-order chi connectivity index (χ0) is 36.4. The lowest BCUT2D eigenvalue weighted by atomic mass is 10.0. The highest BCUT2D eigenvalue weighted by Crippen LogP contribution is 2.42. The molecule has 1 saturated carbocycles. The predicted octanol–water partition coefficient (Wildman–Crippen LogP) is 8.92. The summed E-state index contributed by atoms with van der Waals surface area (Å²) in [6.45, 7) is 14.4. The number of benzene rings is 2. The Labute approximate surface area is 306 Å². The molecule has 2 aliphatic rings.